The third-order valence-electron chi connectivity index (χ3n) is 4.26. The fraction of sp³-hybridized carbons (Fsp3) is 0.389. The van der Waals surface area contributed by atoms with E-state index in [1.54, 1.807) is 12.3 Å². The van der Waals surface area contributed by atoms with E-state index in [1.807, 2.05) is 25.1 Å². The topological polar surface area (TPSA) is 84.1 Å². The lowest BCUT2D eigenvalue weighted by molar-refractivity contribution is 0.103. The Balaban J connectivity index is 1.89. The number of nitrogens with zero attached hydrogens (tertiary/aromatic N) is 3. The number of hydrogen-bond acceptors (Lipinski definition) is 6. The molecule has 0 unspecified atom stereocenters. The molecule has 1 fully saturated rings. The lowest BCUT2D eigenvalue weighted by atomic mass is 10.1. The molecule has 0 spiro atoms. The minimum Gasteiger partial charge on any atom is -0.383 e. The van der Waals surface area contributed by atoms with Crippen molar-refractivity contribution in [3.8, 4) is 0 Å². The lowest BCUT2D eigenvalue weighted by Crippen LogP contribution is -2.29. The standard InChI is InChI=1S/C18H23N5O/c1-2-13-11-14(18(19)21-12-13)17(24)15-5-3-6-16(22-15)23-9-4-7-20-8-10-23/h3,5-6,11-12,20H,2,4,7-10H2,1H3,(H2,19,21). The predicted octanol–water partition coefficient (Wildman–Crippen LogP) is 1.65. The summed E-state index contributed by atoms with van der Waals surface area (Å²) in [5.41, 5.74) is 7.73. The predicted molar refractivity (Wildman–Crippen MR) is 95.4 cm³/mol. The van der Waals surface area contributed by atoms with Gasteiger partial charge in [-0.3, -0.25) is 4.79 Å². The van der Waals surface area contributed by atoms with Gasteiger partial charge in [-0.1, -0.05) is 13.0 Å². The number of carbonyl (C=O) groups excluding carboxylic acids is 1. The Labute approximate surface area is 142 Å². The van der Waals surface area contributed by atoms with Crippen LogP contribution in [-0.4, -0.2) is 41.9 Å². The molecule has 126 valence electrons. The number of aryl methyl sites for hydroxylation is 1. The van der Waals surface area contributed by atoms with E-state index in [4.69, 9.17) is 5.73 Å². The zero-order valence-electron chi connectivity index (χ0n) is 14.0. The van der Waals surface area contributed by atoms with Gasteiger partial charge in [0.25, 0.3) is 0 Å². The molecule has 0 radical (unpaired) electrons. The second-order valence-corrected chi connectivity index (χ2v) is 5.93. The number of anilines is 2. The SMILES string of the molecule is CCc1cnc(N)c(C(=O)c2cccc(N3CCCNCC3)n2)c1. The molecular weight excluding hydrogens is 302 g/mol. The van der Waals surface area contributed by atoms with Crippen molar-refractivity contribution in [3.05, 3.63) is 47.3 Å². The number of pyridine rings is 2. The van der Waals surface area contributed by atoms with Gasteiger partial charge < -0.3 is 16.0 Å². The molecule has 0 amide bonds. The van der Waals surface area contributed by atoms with Crippen molar-refractivity contribution in [1.82, 2.24) is 15.3 Å². The van der Waals surface area contributed by atoms with Gasteiger partial charge in [0.05, 0.1) is 5.56 Å². The average molecular weight is 325 g/mol. The van der Waals surface area contributed by atoms with E-state index in [1.165, 1.54) is 0 Å². The van der Waals surface area contributed by atoms with E-state index in [0.29, 0.717) is 11.3 Å². The number of aromatic nitrogens is 2. The molecule has 0 saturated carbocycles. The van der Waals surface area contributed by atoms with E-state index in [2.05, 4.69) is 20.2 Å². The maximum absolute atomic E-state index is 12.8. The maximum atomic E-state index is 12.8. The van der Waals surface area contributed by atoms with Crippen molar-refractivity contribution in [3.63, 3.8) is 0 Å². The van der Waals surface area contributed by atoms with Gasteiger partial charge in [-0.05, 0) is 43.1 Å². The fourth-order valence-electron chi connectivity index (χ4n) is 2.83. The molecule has 0 atom stereocenters. The first kappa shape index (κ1) is 16.4. The summed E-state index contributed by atoms with van der Waals surface area (Å²) in [4.78, 5) is 23.7. The van der Waals surface area contributed by atoms with E-state index >= 15 is 0 Å². The molecule has 24 heavy (non-hydrogen) atoms. The summed E-state index contributed by atoms with van der Waals surface area (Å²) in [6.45, 7) is 5.79. The van der Waals surface area contributed by atoms with Gasteiger partial charge in [0.1, 0.15) is 17.3 Å². The van der Waals surface area contributed by atoms with Crippen LogP contribution in [0.25, 0.3) is 0 Å². The second kappa shape index (κ2) is 7.40. The lowest BCUT2D eigenvalue weighted by Gasteiger charge is -2.21. The van der Waals surface area contributed by atoms with Gasteiger partial charge >= 0.3 is 0 Å². The van der Waals surface area contributed by atoms with Crippen LogP contribution in [0.15, 0.2) is 30.5 Å². The average Bonchev–Trinajstić information content (AvgIpc) is 2.91. The van der Waals surface area contributed by atoms with Crippen molar-refractivity contribution >= 4 is 17.4 Å². The Morgan fingerprint density at radius 3 is 3.04 bits per heavy atom. The van der Waals surface area contributed by atoms with Crippen LogP contribution in [0.4, 0.5) is 11.6 Å². The molecule has 6 nitrogen and oxygen atoms in total. The Morgan fingerprint density at radius 1 is 1.33 bits per heavy atom. The first-order valence-electron chi connectivity index (χ1n) is 8.41. The molecule has 0 aromatic carbocycles. The highest BCUT2D eigenvalue weighted by atomic mass is 16.1. The zero-order valence-corrected chi connectivity index (χ0v) is 14.0. The second-order valence-electron chi connectivity index (χ2n) is 5.93. The Bertz CT molecular complexity index is 723. The highest BCUT2D eigenvalue weighted by Crippen LogP contribution is 2.18. The summed E-state index contributed by atoms with van der Waals surface area (Å²) >= 11 is 0. The number of ketones is 1. The van der Waals surface area contributed by atoms with Gasteiger partial charge in [-0.15, -0.1) is 0 Å². The van der Waals surface area contributed by atoms with E-state index in [-0.39, 0.29) is 11.6 Å². The summed E-state index contributed by atoms with van der Waals surface area (Å²) in [5.74, 6) is 0.913. The summed E-state index contributed by atoms with van der Waals surface area (Å²) in [5, 5.41) is 3.37. The van der Waals surface area contributed by atoms with Crippen molar-refractivity contribution in [2.75, 3.05) is 36.8 Å². The minimum absolute atomic E-state index is 0.176. The smallest absolute Gasteiger partial charge is 0.215 e. The fourth-order valence-corrected chi connectivity index (χ4v) is 2.83. The molecule has 3 N–H and O–H groups in total. The number of nitrogens with two attached hydrogens (primary N) is 1. The van der Waals surface area contributed by atoms with Crippen LogP contribution < -0.4 is 16.0 Å². The molecule has 2 aromatic rings. The van der Waals surface area contributed by atoms with Gasteiger partial charge in [0.2, 0.25) is 5.78 Å². The molecule has 6 heteroatoms. The third-order valence-corrected chi connectivity index (χ3v) is 4.26. The quantitative estimate of drug-likeness (QED) is 0.832. The van der Waals surface area contributed by atoms with Gasteiger partial charge in [0, 0.05) is 25.8 Å². The Kier molecular flexibility index (Phi) is 5.05. The number of hydrogen-bond donors (Lipinski definition) is 2. The van der Waals surface area contributed by atoms with Crippen LogP contribution in [0, 0.1) is 0 Å². The van der Waals surface area contributed by atoms with Crippen molar-refractivity contribution < 1.29 is 4.79 Å². The molecule has 0 bridgehead atoms. The van der Waals surface area contributed by atoms with Crippen molar-refractivity contribution in [2.45, 2.75) is 19.8 Å². The highest BCUT2D eigenvalue weighted by molar-refractivity contribution is 6.10. The zero-order chi connectivity index (χ0) is 16.9. The largest absolute Gasteiger partial charge is 0.383 e. The normalized spacial score (nSPS) is 15.1. The van der Waals surface area contributed by atoms with Crippen LogP contribution in [0.2, 0.25) is 0 Å². The van der Waals surface area contributed by atoms with Crippen molar-refractivity contribution in [1.29, 1.82) is 0 Å². The number of carbonyl (C=O) groups is 1. The molecular formula is C18H23N5O. The maximum Gasteiger partial charge on any atom is 0.215 e. The van der Waals surface area contributed by atoms with Crippen LogP contribution in [-0.2, 0) is 6.42 Å². The van der Waals surface area contributed by atoms with E-state index < -0.39 is 0 Å². The monoisotopic (exact) mass is 325 g/mol. The Morgan fingerprint density at radius 2 is 2.21 bits per heavy atom. The van der Waals surface area contributed by atoms with Crippen LogP contribution in [0.3, 0.4) is 0 Å². The number of rotatable bonds is 4. The van der Waals surface area contributed by atoms with Crippen LogP contribution in [0.1, 0.15) is 35.0 Å². The molecule has 1 saturated heterocycles. The van der Waals surface area contributed by atoms with Crippen molar-refractivity contribution in [2.24, 2.45) is 0 Å². The summed E-state index contributed by atoms with van der Waals surface area (Å²) in [6.07, 6.45) is 3.58. The third kappa shape index (κ3) is 3.54. The molecule has 3 heterocycles. The van der Waals surface area contributed by atoms with Crippen LogP contribution in [0.5, 0.6) is 0 Å². The summed E-state index contributed by atoms with van der Waals surface area (Å²) < 4.78 is 0. The molecule has 3 rings (SSSR count). The summed E-state index contributed by atoms with van der Waals surface area (Å²) in [6, 6.07) is 7.38. The molecule has 0 aliphatic carbocycles. The molecule has 2 aromatic heterocycles. The number of nitrogens with one attached hydrogen (secondary N) is 1. The van der Waals surface area contributed by atoms with Crippen LogP contribution >= 0.6 is 0 Å². The first-order valence-corrected chi connectivity index (χ1v) is 8.41. The molecule has 1 aliphatic heterocycles. The summed E-state index contributed by atoms with van der Waals surface area (Å²) in [7, 11) is 0. The Hall–Kier alpha value is -2.47. The highest BCUT2D eigenvalue weighted by Gasteiger charge is 2.17. The minimum atomic E-state index is -0.176. The van der Waals surface area contributed by atoms with E-state index in [9.17, 15) is 4.79 Å². The first-order chi connectivity index (χ1) is 11.7. The van der Waals surface area contributed by atoms with Gasteiger partial charge in [-0.25, -0.2) is 9.97 Å². The van der Waals surface area contributed by atoms with Gasteiger partial charge in [0.15, 0.2) is 0 Å². The molecule has 1 aliphatic rings. The number of nitrogen functional groups attached to an aromatic ring is 1. The van der Waals surface area contributed by atoms with Gasteiger partial charge in [-0.2, -0.15) is 0 Å². The van der Waals surface area contributed by atoms with E-state index in [0.717, 1.165) is 50.4 Å².